The number of ether oxygens (including phenoxy) is 3. The molecular formula is C21H26BFN10O11P2. The number of hydrogen-bond donors (Lipinski definition) is 4. The number of fused-ring (bicyclic) bond motifs is 5. The molecule has 21 nitrogen and oxygen atoms in total. The molecule has 0 radical (unpaired) electrons. The molecule has 3 aliphatic heterocycles. The molecule has 9 unspecified atom stereocenters. The molecular weight excluding hydrogens is 660 g/mol. The maximum Gasteiger partial charge on any atom is 0.472 e. The Kier molecular flexibility index (Phi) is 7.75. The number of methoxy groups -OCH3 is 1. The van der Waals surface area contributed by atoms with Gasteiger partial charge in [-0.3, -0.25) is 32.5 Å². The third-order valence-corrected chi connectivity index (χ3v) is 9.88. The highest BCUT2D eigenvalue weighted by Crippen LogP contribution is 2.54. The Hall–Kier alpha value is -3.37. The molecule has 3 fully saturated rings. The molecule has 3 saturated heterocycles. The lowest BCUT2D eigenvalue weighted by Crippen LogP contribution is -2.37. The number of phosphoric acid groups is 1. The number of aromatic nitrogens is 8. The third-order valence-electron chi connectivity index (χ3n) is 7.65. The molecule has 0 aliphatic carbocycles. The molecule has 7 rings (SSSR count). The molecule has 4 aromatic rings. The van der Waals surface area contributed by atoms with Crippen molar-refractivity contribution in [1.29, 1.82) is 0 Å². The number of nitrogens with zero attached hydrogens (tertiary/aromatic N) is 7. The van der Waals surface area contributed by atoms with Crippen molar-refractivity contribution in [3.8, 4) is 0 Å². The maximum atomic E-state index is 16.0. The highest BCUT2D eigenvalue weighted by atomic mass is 31.2. The number of anilines is 2. The molecule has 0 amide bonds. The second-order valence-corrected chi connectivity index (χ2v) is 14.0. The van der Waals surface area contributed by atoms with E-state index in [-0.39, 0.29) is 34.1 Å². The van der Waals surface area contributed by atoms with E-state index in [0.29, 0.717) is 0 Å². The highest BCUT2D eigenvalue weighted by molar-refractivity contribution is 7.79. The predicted molar refractivity (Wildman–Crippen MR) is 153 cm³/mol. The van der Waals surface area contributed by atoms with Crippen molar-refractivity contribution in [2.45, 2.75) is 49.1 Å². The topological polar surface area (TPSA) is 278 Å². The molecule has 6 N–H and O–H groups in total. The van der Waals surface area contributed by atoms with Crippen LogP contribution in [0.15, 0.2) is 23.8 Å². The largest absolute Gasteiger partial charge is 0.472 e. The van der Waals surface area contributed by atoms with Gasteiger partial charge >= 0.3 is 7.82 Å². The summed E-state index contributed by atoms with van der Waals surface area (Å²) in [6.07, 6.45) is -7.88. The molecule has 0 saturated carbocycles. The average Bonchev–Trinajstić information content (AvgIpc) is 3.75. The molecule has 10 atom stereocenters. The summed E-state index contributed by atoms with van der Waals surface area (Å²) in [4.78, 5) is 45.6. The van der Waals surface area contributed by atoms with Crippen LogP contribution in [0.5, 0.6) is 0 Å². The summed E-state index contributed by atoms with van der Waals surface area (Å²) in [5.74, 6) is -0.172. The fourth-order valence-corrected chi connectivity index (χ4v) is 7.74. The first-order valence-electron chi connectivity index (χ1n) is 13.5. The van der Waals surface area contributed by atoms with Gasteiger partial charge in [-0.15, -0.1) is 0 Å². The lowest BCUT2D eigenvalue weighted by molar-refractivity contribution is -0.0631. The van der Waals surface area contributed by atoms with E-state index in [1.54, 1.807) is 0 Å². The first kappa shape index (κ1) is 31.2. The summed E-state index contributed by atoms with van der Waals surface area (Å²) in [6.45, 7) is -1.26. The molecule has 3 aliphatic rings. The van der Waals surface area contributed by atoms with E-state index in [1.807, 2.05) is 0 Å². The van der Waals surface area contributed by atoms with Gasteiger partial charge < -0.3 is 39.6 Å². The normalized spacial score (nSPS) is 37.1. The van der Waals surface area contributed by atoms with Crippen molar-refractivity contribution in [2.75, 3.05) is 31.8 Å². The second-order valence-electron chi connectivity index (χ2n) is 10.6. The van der Waals surface area contributed by atoms with Crippen LogP contribution in [0.1, 0.15) is 12.5 Å². The van der Waals surface area contributed by atoms with Crippen molar-refractivity contribution in [2.24, 2.45) is 0 Å². The maximum absolute atomic E-state index is 16.0. The van der Waals surface area contributed by atoms with E-state index in [4.69, 9.17) is 43.8 Å². The summed E-state index contributed by atoms with van der Waals surface area (Å²) in [5.41, 5.74) is 11.2. The van der Waals surface area contributed by atoms with Gasteiger partial charge in [0.25, 0.3) is 20.6 Å². The van der Waals surface area contributed by atoms with E-state index in [0.717, 1.165) is 13.9 Å². The molecule has 0 aromatic carbocycles. The number of nitrogens with one attached hydrogen (secondary N) is 1. The van der Waals surface area contributed by atoms with Crippen molar-refractivity contribution in [3.63, 3.8) is 0 Å². The van der Waals surface area contributed by atoms with Crippen molar-refractivity contribution < 1.29 is 50.7 Å². The Morgan fingerprint density at radius 2 is 1.70 bits per heavy atom. The molecule has 25 heteroatoms. The van der Waals surface area contributed by atoms with Crippen LogP contribution in [-0.4, -0.2) is 109 Å². The van der Waals surface area contributed by atoms with Crippen LogP contribution in [-0.2, 0) is 41.4 Å². The van der Waals surface area contributed by atoms with Gasteiger partial charge in [-0.2, -0.15) is 4.98 Å². The third kappa shape index (κ3) is 5.41. The van der Waals surface area contributed by atoms with Gasteiger partial charge in [-0.05, 0) is 0 Å². The van der Waals surface area contributed by atoms with Crippen LogP contribution in [0, 0.1) is 0 Å². The highest BCUT2D eigenvalue weighted by Gasteiger charge is 2.54. The monoisotopic (exact) mass is 686 g/mol. The fourth-order valence-electron chi connectivity index (χ4n) is 5.64. The Bertz CT molecular complexity index is 1960. The summed E-state index contributed by atoms with van der Waals surface area (Å²) in [6, 6.07) is 0. The predicted octanol–water partition coefficient (Wildman–Crippen LogP) is -1.07. The van der Waals surface area contributed by atoms with Gasteiger partial charge in [0.15, 0.2) is 41.3 Å². The second kappa shape index (κ2) is 11.4. The number of hydrogen-bond acceptors (Lipinski definition) is 17. The SMILES string of the molecule is B[P@]1(=O)OCC2OC(n3cnc4c(N)ncnc43)C(F)C2OP(=O)(O)OCC2OC(n3cnc4c(=O)[nH]c(N)nc43)C(O1)C2OC. The zero-order valence-electron chi connectivity index (χ0n) is 23.9. The summed E-state index contributed by atoms with van der Waals surface area (Å²) < 4.78 is 85.1. The van der Waals surface area contributed by atoms with Gasteiger partial charge in [0.05, 0.1) is 25.9 Å². The number of nitrogen functional groups attached to an aromatic ring is 2. The van der Waals surface area contributed by atoms with Crippen molar-refractivity contribution >= 4 is 57.0 Å². The molecule has 7 heterocycles. The number of H-pyrrole nitrogens is 1. The van der Waals surface area contributed by atoms with Crippen LogP contribution in [0.4, 0.5) is 16.2 Å². The van der Waals surface area contributed by atoms with Crippen molar-refractivity contribution in [1.82, 2.24) is 39.0 Å². The van der Waals surface area contributed by atoms with Crippen LogP contribution < -0.4 is 17.0 Å². The Morgan fingerprint density at radius 3 is 2.46 bits per heavy atom. The number of imidazole rings is 2. The van der Waals surface area contributed by atoms with Gasteiger partial charge in [0.2, 0.25) is 5.95 Å². The lowest BCUT2D eigenvalue weighted by atomic mass is 10.1. The Morgan fingerprint density at radius 1 is 1.00 bits per heavy atom. The lowest BCUT2D eigenvalue weighted by Gasteiger charge is -2.28. The minimum Gasteiger partial charge on any atom is -0.382 e. The Labute approximate surface area is 257 Å². The number of phosphoric ester groups is 1. The van der Waals surface area contributed by atoms with E-state index in [2.05, 4.69) is 29.9 Å². The molecule has 0 spiro atoms. The van der Waals surface area contributed by atoms with Crippen LogP contribution >= 0.6 is 15.3 Å². The van der Waals surface area contributed by atoms with Gasteiger partial charge in [0.1, 0.15) is 42.4 Å². The molecule has 246 valence electrons. The molecule has 2 bridgehead atoms. The first-order chi connectivity index (χ1) is 21.9. The van der Waals surface area contributed by atoms with Crippen LogP contribution in [0.2, 0.25) is 0 Å². The number of nitrogens with two attached hydrogens (primary N) is 2. The number of rotatable bonds is 3. The first-order valence-corrected chi connectivity index (χ1v) is 17.0. The van der Waals surface area contributed by atoms with E-state index >= 15 is 4.39 Å². The summed E-state index contributed by atoms with van der Waals surface area (Å²) in [7, 11) is -6.67. The summed E-state index contributed by atoms with van der Waals surface area (Å²) >= 11 is 0. The van der Waals surface area contributed by atoms with Crippen molar-refractivity contribution in [3.05, 3.63) is 29.3 Å². The minimum absolute atomic E-state index is 0.00156. The van der Waals surface area contributed by atoms with Gasteiger partial charge in [-0.1, -0.05) is 0 Å². The molecule has 4 aromatic heterocycles. The average molecular weight is 686 g/mol. The minimum atomic E-state index is -5.04. The van der Waals surface area contributed by atoms with Crippen LogP contribution in [0.25, 0.3) is 22.3 Å². The van der Waals surface area contributed by atoms with E-state index in [9.17, 15) is 18.8 Å². The van der Waals surface area contributed by atoms with E-state index in [1.165, 1.54) is 28.9 Å². The zero-order chi connectivity index (χ0) is 32.5. The fraction of sp³-hybridized carbons (Fsp3) is 0.524. The quantitative estimate of drug-likeness (QED) is 0.147. The number of aromatic amines is 1. The smallest absolute Gasteiger partial charge is 0.382 e. The Balaban J connectivity index is 1.22. The van der Waals surface area contributed by atoms with E-state index < -0.39 is 83.2 Å². The standard InChI is InChI=1S/C21H26BFN10O11P2/c1-38-13-8-3-40-46(36,37)44-12-7(41-19(9(12)23)32-5-28-10-15(24)26-4-27-16(10)32)2-39-45(22,35)43-14(13)20(42-8)33-6-29-11-17(33)30-21(25)31-18(11)34/h4-9,12-14,19-20H,2-3,22H2,1H3,(H,36,37)(H2,24,26,27)(H3,25,30,31,34)/t7?,8?,9?,12?,13?,14?,19?,20?,45-/m0/s1. The zero-order valence-corrected chi connectivity index (χ0v) is 25.6. The van der Waals surface area contributed by atoms with Gasteiger partial charge in [-0.25, -0.2) is 28.9 Å². The van der Waals surface area contributed by atoms with Gasteiger partial charge in [0, 0.05) is 7.11 Å². The molecule has 46 heavy (non-hydrogen) atoms. The number of alkyl halides is 1. The summed E-state index contributed by atoms with van der Waals surface area (Å²) in [5, 5.41) is 0. The van der Waals surface area contributed by atoms with Crippen LogP contribution in [0.3, 0.4) is 0 Å². The number of halogens is 1.